The number of nitrogens with one attached hydrogen (secondary N) is 12. The van der Waals surface area contributed by atoms with Crippen molar-refractivity contribution in [1.29, 1.82) is 0 Å². The van der Waals surface area contributed by atoms with Gasteiger partial charge in [-0.3, -0.25) is 86.9 Å². The molecule has 2 aliphatic heterocycles. The minimum Gasteiger partial charge on any atom is -0.481 e. The molecule has 0 unspecified atom stereocenters. The van der Waals surface area contributed by atoms with Crippen LogP contribution in [0.1, 0.15) is 184 Å². The lowest BCUT2D eigenvalue weighted by atomic mass is 10.0. The van der Waals surface area contributed by atoms with E-state index in [1.54, 1.807) is 27.7 Å². The van der Waals surface area contributed by atoms with Crippen molar-refractivity contribution >= 4 is 113 Å². The van der Waals surface area contributed by atoms with Crippen LogP contribution in [-0.4, -0.2) is 269 Å². The summed E-state index contributed by atoms with van der Waals surface area (Å²) >= 11 is 0. The van der Waals surface area contributed by atoms with Crippen molar-refractivity contribution in [1.82, 2.24) is 73.6 Å². The Bertz CT molecular complexity index is 3400. The zero-order valence-corrected chi connectivity index (χ0v) is 68.3. The number of guanidine groups is 3. The Kier molecular flexibility index (Phi) is 46.0. The van der Waals surface area contributed by atoms with E-state index in [0.29, 0.717) is 32.2 Å². The Morgan fingerprint density at radius 2 is 0.776 bits per heavy atom. The largest absolute Gasteiger partial charge is 0.481 e. The van der Waals surface area contributed by atoms with Crippen molar-refractivity contribution in [2.75, 3.05) is 52.4 Å². The Labute approximate surface area is 676 Å². The van der Waals surface area contributed by atoms with Crippen LogP contribution in [0.5, 0.6) is 0 Å². The molecule has 0 spiro atoms. The number of hydrogen-bond acceptors (Lipinski definition) is 22. The molecule has 14 amide bonds. The molecule has 2 saturated heterocycles. The molecule has 0 radical (unpaired) electrons. The maximum atomic E-state index is 14.6. The van der Waals surface area contributed by atoms with E-state index in [2.05, 4.69) is 78.8 Å². The van der Waals surface area contributed by atoms with Gasteiger partial charge in [0.25, 0.3) is 0 Å². The Balaban J connectivity index is 2.35. The molecule has 0 aromatic carbocycles. The summed E-state index contributed by atoms with van der Waals surface area (Å²) in [5, 5.41) is 50.4. The first kappa shape index (κ1) is 101. The van der Waals surface area contributed by atoms with E-state index in [1.165, 1.54) is 20.8 Å². The maximum Gasteiger partial charge on any atom is 0.326 e. The second kappa shape index (κ2) is 52.6. The lowest BCUT2D eigenvalue weighted by Gasteiger charge is -2.31. The lowest BCUT2D eigenvalue weighted by molar-refractivity contribution is -0.147. The number of rotatable bonds is 54. The maximum absolute atomic E-state index is 14.6. The summed E-state index contributed by atoms with van der Waals surface area (Å²) in [6.45, 7) is 14.3. The van der Waals surface area contributed by atoms with Gasteiger partial charge in [-0.1, -0.05) is 41.5 Å². The third-order valence-corrected chi connectivity index (χ3v) is 18.9. The van der Waals surface area contributed by atoms with Gasteiger partial charge >= 0.3 is 11.9 Å². The van der Waals surface area contributed by atoms with Gasteiger partial charge in [0.15, 0.2) is 17.9 Å². The highest BCUT2D eigenvalue weighted by atomic mass is 16.4. The topological polar surface area (TPSA) is 736 Å². The smallest absolute Gasteiger partial charge is 0.326 e. The Morgan fingerprint density at radius 3 is 1.22 bits per heavy atom. The standard InChI is InChI=1S/C72H130N26O18/c1-37(2)33-48(94-58(104)43(75)19-14-28-82-70(76)77)59(105)85-36-53(99)96-55(39(5)6)66(112)91-45(22-15-29-83-71(78)79)60(106)86-40(7)57(103)93-49(34-38(3)4)63(109)90-46(23-16-30-84-72(80)81)62(108)89-44(20-10-12-26-73)61(107)88-42(9)67(113)97-31-17-25-52(97)65(111)95-50(35-54(100)101)68(114)98-32-18-24-51(98)64(110)87-41(8)56(102)92-47(69(115)116)21-11-13-27-74/h37-52,55H,10-36,73-75H2,1-9H3,(H,85,105)(H,86,106)(H,87,110)(H,88,107)(H,89,108)(H,90,109)(H,91,112)(H,92,102)(H,93,103)(H,94,104)(H,95,111)(H,96,99)(H,100,101)(H,115,116)(H4,76,77,82)(H4,78,79,83)(H4,80,81,84)/t40-,41-,42-,43-,44-,45-,46-,47-,48-,49-,50-,51-,52-,55-/m0/s1. The first-order valence-corrected chi connectivity index (χ1v) is 39.5. The molecule has 2 aliphatic rings. The summed E-state index contributed by atoms with van der Waals surface area (Å²) in [7, 11) is 0. The SMILES string of the molecule is CC(C)C[C@H](NC(=O)[C@H](C)NC(=O)[C@H](CCCN=C(N)N)NC(=O)[C@@H](NC(=O)CNC(=O)[C@H](CC(C)C)NC(=O)[C@@H](N)CCCN=C(N)N)C(C)C)C(=O)N[C@@H](CCCN=C(N)N)C(=O)N[C@@H](CCCCN)C(=O)N[C@@H](C)C(=O)N1CCC[C@H]1C(=O)N[C@@H](CC(=O)O)C(=O)N1CCC[C@H]1C(=O)N[C@@H](C)C(=O)N[C@@H](CCCCN)C(=O)O. The predicted octanol–water partition coefficient (Wildman–Crippen LogP) is -7.47. The number of carbonyl (C=O) groups is 16. The van der Waals surface area contributed by atoms with Crippen molar-refractivity contribution in [2.24, 2.45) is 84.3 Å². The Hall–Kier alpha value is -10.8. The van der Waals surface area contributed by atoms with Crippen LogP contribution in [0.15, 0.2) is 15.0 Å². The quantitative estimate of drug-likeness (QED) is 0.0153. The van der Waals surface area contributed by atoms with Crippen LogP contribution in [0.3, 0.4) is 0 Å². The first-order chi connectivity index (χ1) is 54.5. The van der Waals surface area contributed by atoms with E-state index in [1.807, 2.05) is 13.8 Å². The molecule has 44 nitrogen and oxygen atoms in total. The normalized spacial score (nSPS) is 16.9. The van der Waals surface area contributed by atoms with Gasteiger partial charge < -0.3 is 135 Å². The van der Waals surface area contributed by atoms with E-state index in [4.69, 9.17) is 51.6 Å². The van der Waals surface area contributed by atoms with Crippen LogP contribution >= 0.6 is 0 Å². The number of aliphatic carboxylic acids is 2. The van der Waals surface area contributed by atoms with Crippen LogP contribution in [-0.2, 0) is 76.7 Å². The van der Waals surface area contributed by atoms with Crippen LogP contribution in [0, 0.1) is 17.8 Å². The Morgan fingerprint density at radius 1 is 0.397 bits per heavy atom. The highest BCUT2D eigenvalue weighted by Crippen LogP contribution is 2.23. The second-order valence-corrected chi connectivity index (χ2v) is 30.2. The molecule has 2 fully saturated rings. The molecular weight excluding hydrogens is 1520 g/mol. The van der Waals surface area contributed by atoms with E-state index < -0.39 is 198 Å². The number of carboxylic acids is 2. The summed E-state index contributed by atoms with van der Waals surface area (Å²) in [5.41, 5.74) is 50.4. The van der Waals surface area contributed by atoms with Crippen molar-refractivity contribution in [3.63, 3.8) is 0 Å². The lowest BCUT2D eigenvalue weighted by Crippen LogP contribution is -2.60. The van der Waals surface area contributed by atoms with Crippen LogP contribution < -0.4 is 115 Å². The van der Waals surface area contributed by atoms with Gasteiger partial charge in [0.2, 0.25) is 82.7 Å². The molecule has 0 saturated carbocycles. The average Bonchev–Trinajstić information content (AvgIpc) is 1.64. The number of carbonyl (C=O) groups excluding carboxylic acids is 14. The van der Waals surface area contributed by atoms with Gasteiger partial charge in [0.1, 0.15) is 78.5 Å². The molecule has 0 aliphatic carbocycles. The van der Waals surface area contributed by atoms with Gasteiger partial charge in [-0.25, -0.2) is 4.79 Å². The van der Waals surface area contributed by atoms with Crippen molar-refractivity contribution in [3.8, 4) is 0 Å². The number of likely N-dealkylation sites (tertiary alicyclic amines) is 2. The molecule has 0 aromatic rings. The number of nitrogens with zero attached hydrogens (tertiary/aromatic N) is 5. The van der Waals surface area contributed by atoms with Crippen LogP contribution in [0.2, 0.25) is 0 Å². The van der Waals surface area contributed by atoms with E-state index in [9.17, 15) is 86.9 Å². The number of unbranched alkanes of at least 4 members (excludes halogenated alkanes) is 2. The summed E-state index contributed by atoms with van der Waals surface area (Å²) in [4.78, 5) is 233. The van der Waals surface area contributed by atoms with Gasteiger partial charge in [-0.15, -0.1) is 0 Å². The summed E-state index contributed by atoms with van der Waals surface area (Å²) < 4.78 is 0. The van der Waals surface area contributed by atoms with Gasteiger partial charge in [-0.05, 0) is 167 Å². The van der Waals surface area contributed by atoms with Gasteiger partial charge in [0, 0.05) is 32.7 Å². The number of carboxylic acid groups (broad SMARTS) is 2. The van der Waals surface area contributed by atoms with Crippen LogP contribution in [0.4, 0.5) is 0 Å². The fourth-order valence-corrected chi connectivity index (χ4v) is 12.7. The minimum atomic E-state index is -1.75. The van der Waals surface area contributed by atoms with E-state index in [-0.39, 0.29) is 159 Å². The molecule has 44 heteroatoms. The van der Waals surface area contributed by atoms with Crippen molar-refractivity contribution in [3.05, 3.63) is 0 Å². The molecular formula is C72H130N26O18. The number of aliphatic imine (C=N–C) groups is 3. The van der Waals surface area contributed by atoms with Gasteiger partial charge in [-0.2, -0.15) is 0 Å². The van der Waals surface area contributed by atoms with Crippen molar-refractivity contribution < 1.29 is 86.9 Å². The van der Waals surface area contributed by atoms with E-state index in [0.717, 1.165) is 9.80 Å². The monoisotopic (exact) mass is 1650 g/mol. The van der Waals surface area contributed by atoms with Crippen molar-refractivity contribution in [2.45, 2.75) is 269 Å². The zero-order valence-electron chi connectivity index (χ0n) is 68.3. The molecule has 2 heterocycles. The third kappa shape index (κ3) is 37.7. The molecule has 656 valence electrons. The molecule has 0 bridgehead atoms. The second-order valence-electron chi connectivity index (χ2n) is 30.2. The molecule has 14 atom stereocenters. The number of nitrogens with two attached hydrogens (primary N) is 9. The zero-order chi connectivity index (χ0) is 87.6. The van der Waals surface area contributed by atoms with E-state index >= 15 is 0 Å². The molecule has 0 aromatic heterocycles. The summed E-state index contributed by atoms with van der Waals surface area (Å²) in [6.07, 6.45) is 1.99. The minimum absolute atomic E-state index is 0.00625. The summed E-state index contributed by atoms with van der Waals surface area (Å²) in [5.74, 6) is -16.1. The number of hydrogen-bond donors (Lipinski definition) is 23. The van der Waals surface area contributed by atoms with Crippen LogP contribution in [0.25, 0.3) is 0 Å². The average molecular weight is 1650 g/mol. The highest BCUT2D eigenvalue weighted by molar-refractivity contribution is 6.01. The summed E-state index contributed by atoms with van der Waals surface area (Å²) in [6, 6.07) is -18.6. The molecule has 116 heavy (non-hydrogen) atoms. The first-order valence-electron chi connectivity index (χ1n) is 39.5. The van der Waals surface area contributed by atoms with Gasteiger partial charge in [0.05, 0.1) is 19.0 Å². The highest BCUT2D eigenvalue weighted by Gasteiger charge is 2.44. The predicted molar refractivity (Wildman–Crippen MR) is 428 cm³/mol. The molecule has 32 N–H and O–H groups in total. The fourth-order valence-electron chi connectivity index (χ4n) is 12.7. The third-order valence-electron chi connectivity index (χ3n) is 18.9. The number of amides is 14. The fraction of sp³-hybridized carbons (Fsp3) is 0.736. The molecule has 2 rings (SSSR count).